The van der Waals surface area contributed by atoms with E-state index in [2.05, 4.69) is 0 Å². The number of nitrogens with two attached hydrogens (primary N) is 1. The maximum Gasteiger partial charge on any atom is 0.225 e. The lowest BCUT2D eigenvalue weighted by Gasteiger charge is -2.22. The molecule has 0 radical (unpaired) electrons. The van der Waals surface area contributed by atoms with Crippen LogP contribution in [0.3, 0.4) is 0 Å². The van der Waals surface area contributed by atoms with Crippen LogP contribution in [0, 0.1) is 5.92 Å². The smallest absolute Gasteiger partial charge is 0.225 e. The second-order valence-corrected chi connectivity index (χ2v) is 3.21. The Morgan fingerprint density at radius 3 is 2.42 bits per heavy atom. The Morgan fingerprint density at radius 1 is 1.50 bits per heavy atom. The molecule has 2 N–H and O–H groups in total. The van der Waals surface area contributed by atoms with Crippen molar-refractivity contribution in [2.24, 2.45) is 11.7 Å². The molecule has 72 valence electrons. The Kier molecular flexibility index (Phi) is 5.72. The summed E-state index contributed by atoms with van der Waals surface area (Å²) in [5.41, 5.74) is 5.37. The molecule has 0 aliphatic rings. The largest absolute Gasteiger partial charge is 0.343 e. The normalized spacial score (nSPS) is 10.4. The van der Waals surface area contributed by atoms with E-state index >= 15 is 0 Å². The van der Waals surface area contributed by atoms with E-state index in [-0.39, 0.29) is 11.8 Å². The fourth-order valence-electron chi connectivity index (χ4n) is 1.07. The quantitative estimate of drug-likeness (QED) is 0.668. The SMILES string of the molecule is CCN(CCCN)C(=O)C(C)C. The van der Waals surface area contributed by atoms with Gasteiger partial charge < -0.3 is 10.6 Å². The topological polar surface area (TPSA) is 46.3 Å². The first-order chi connectivity index (χ1) is 5.63. The van der Waals surface area contributed by atoms with E-state index in [0.717, 1.165) is 19.5 Å². The summed E-state index contributed by atoms with van der Waals surface area (Å²) in [6, 6.07) is 0. The Hall–Kier alpha value is -0.570. The zero-order valence-electron chi connectivity index (χ0n) is 8.34. The van der Waals surface area contributed by atoms with Crippen molar-refractivity contribution in [3.05, 3.63) is 0 Å². The first kappa shape index (κ1) is 11.4. The Bertz CT molecular complexity index is 134. The molecule has 0 saturated carbocycles. The molecule has 0 aromatic carbocycles. The Morgan fingerprint density at radius 2 is 2.08 bits per heavy atom. The van der Waals surface area contributed by atoms with Crippen molar-refractivity contribution < 1.29 is 4.79 Å². The molecule has 0 spiro atoms. The molecule has 0 unspecified atom stereocenters. The van der Waals surface area contributed by atoms with Gasteiger partial charge in [-0.05, 0) is 19.9 Å². The van der Waals surface area contributed by atoms with Crippen molar-refractivity contribution in [2.75, 3.05) is 19.6 Å². The maximum absolute atomic E-state index is 11.5. The Balaban J connectivity index is 3.88. The predicted octanol–water partition coefficient (Wildman–Crippen LogP) is 0.840. The van der Waals surface area contributed by atoms with Crippen molar-refractivity contribution in [3.8, 4) is 0 Å². The molecule has 0 aliphatic heterocycles. The first-order valence-corrected chi connectivity index (χ1v) is 4.62. The van der Waals surface area contributed by atoms with Crippen LogP contribution in [-0.4, -0.2) is 30.4 Å². The fraction of sp³-hybridized carbons (Fsp3) is 0.889. The lowest BCUT2D eigenvalue weighted by molar-refractivity contribution is -0.134. The molecule has 1 amide bonds. The van der Waals surface area contributed by atoms with Crippen molar-refractivity contribution in [1.29, 1.82) is 0 Å². The van der Waals surface area contributed by atoms with Gasteiger partial charge in [-0.3, -0.25) is 4.79 Å². The molecular formula is C9H20N2O. The summed E-state index contributed by atoms with van der Waals surface area (Å²) >= 11 is 0. The average molecular weight is 172 g/mol. The van der Waals surface area contributed by atoms with E-state index in [4.69, 9.17) is 5.73 Å². The van der Waals surface area contributed by atoms with E-state index in [0.29, 0.717) is 6.54 Å². The summed E-state index contributed by atoms with van der Waals surface area (Å²) in [6.45, 7) is 8.08. The highest BCUT2D eigenvalue weighted by Gasteiger charge is 2.13. The maximum atomic E-state index is 11.5. The summed E-state index contributed by atoms with van der Waals surface area (Å²) < 4.78 is 0. The van der Waals surface area contributed by atoms with Crippen molar-refractivity contribution in [1.82, 2.24) is 4.90 Å². The molecule has 3 nitrogen and oxygen atoms in total. The van der Waals surface area contributed by atoms with Gasteiger partial charge in [-0.1, -0.05) is 13.8 Å². The monoisotopic (exact) mass is 172 g/mol. The third-order valence-corrected chi connectivity index (χ3v) is 1.82. The second-order valence-electron chi connectivity index (χ2n) is 3.21. The number of amides is 1. The minimum absolute atomic E-state index is 0.0997. The average Bonchev–Trinajstić information content (AvgIpc) is 2.05. The Labute approximate surface area is 74.9 Å². The molecule has 3 heteroatoms. The highest BCUT2D eigenvalue weighted by atomic mass is 16.2. The summed E-state index contributed by atoms with van der Waals surface area (Å²) in [7, 11) is 0. The van der Waals surface area contributed by atoms with Crippen LogP contribution in [-0.2, 0) is 4.79 Å². The van der Waals surface area contributed by atoms with Crippen LogP contribution >= 0.6 is 0 Å². The van der Waals surface area contributed by atoms with Gasteiger partial charge in [0.25, 0.3) is 0 Å². The molecule has 0 rings (SSSR count). The molecule has 0 atom stereocenters. The predicted molar refractivity (Wildman–Crippen MR) is 50.8 cm³/mol. The van der Waals surface area contributed by atoms with Crippen LogP contribution in [0.25, 0.3) is 0 Å². The number of carbonyl (C=O) groups excluding carboxylic acids is 1. The minimum Gasteiger partial charge on any atom is -0.343 e. The van der Waals surface area contributed by atoms with Crippen molar-refractivity contribution in [2.45, 2.75) is 27.2 Å². The molecule has 0 bridgehead atoms. The third kappa shape index (κ3) is 3.72. The van der Waals surface area contributed by atoms with Crippen molar-refractivity contribution >= 4 is 5.91 Å². The van der Waals surface area contributed by atoms with Gasteiger partial charge in [0.05, 0.1) is 0 Å². The van der Waals surface area contributed by atoms with E-state index in [1.165, 1.54) is 0 Å². The highest BCUT2D eigenvalue weighted by Crippen LogP contribution is 2.01. The number of hydrogen-bond acceptors (Lipinski definition) is 2. The third-order valence-electron chi connectivity index (χ3n) is 1.82. The van der Waals surface area contributed by atoms with Crippen LogP contribution in [0.1, 0.15) is 27.2 Å². The van der Waals surface area contributed by atoms with Gasteiger partial charge in [-0.15, -0.1) is 0 Å². The van der Waals surface area contributed by atoms with E-state index < -0.39 is 0 Å². The van der Waals surface area contributed by atoms with Crippen molar-refractivity contribution in [3.63, 3.8) is 0 Å². The van der Waals surface area contributed by atoms with Gasteiger partial charge in [0.15, 0.2) is 0 Å². The first-order valence-electron chi connectivity index (χ1n) is 4.62. The van der Waals surface area contributed by atoms with Crippen LogP contribution in [0.2, 0.25) is 0 Å². The number of hydrogen-bond donors (Lipinski definition) is 1. The van der Waals surface area contributed by atoms with Crippen LogP contribution < -0.4 is 5.73 Å². The lowest BCUT2D eigenvalue weighted by atomic mass is 10.2. The van der Waals surface area contributed by atoms with Crippen LogP contribution in [0.5, 0.6) is 0 Å². The fourth-order valence-corrected chi connectivity index (χ4v) is 1.07. The number of nitrogens with zero attached hydrogens (tertiary/aromatic N) is 1. The van der Waals surface area contributed by atoms with Gasteiger partial charge in [-0.25, -0.2) is 0 Å². The summed E-state index contributed by atoms with van der Waals surface area (Å²) in [5.74, 6) is 0.327. The molecule has 0 aromatic heterocycles. The zero-order chi connectivity index (χ0) is 9.56. The molecular weight excluding hydrogens is 152 g/mol. The standard InChI is InChI=1S/C9H20N2O/c1-4-11(7-5-6-10)9(12)8(2)3/h8H,4-7,10H2,1-3H3. The van der Waals surface area contributed by atoms with Crippen LogP contribution in [0.4, 0.5) is 0 Å². The van der Waals surface area contributed by atoms with E-state index in [1.54, 1.807) is 0 Å². The van der Waals surface area contributed by atoms with Gasteiger partial charge in [-0.2, -0.15) is 0 Å². The van der Waals surface area contributed by atoms with Crippen LogP contribution in [0.15, 0.2) is 0 Å². The molecule has 0 fully saturated rings. The van der Waals surface area contributed by atoms with E-state index in [9.17, 15) is 4.79 Å². The molecule has 0 aromatic rings. The molecule has 0 heterocycles. The van der Waals surface area contributed by atoms with E-state index in [1.807, 2.05) is 25.7 Å². The van der Waals surface area contributed by atoms with Gasteiger partial charge >= 0.3 is 0 Å². The lowest BCUT2D eigenvalue weighted by Crippen LogP contribution is -2.35. The molecule has 12 heavy (non-hydrogen) atoms. The minimum atomic E-state index is 0.0997. The number of rotatable bonds is 5. The molecule has 0 saturated heterocycles. The van der Waals surface area contributed by atoms with Gasteiger partial charge in [0.1, 0.15) is 0 Å². The zero-order valence-corrected chi connectivity index (χ0v) is 8.34. The summed E-state index contributed by atoms with van der Waals surface area (Å²) in [6.07, 6.45) is 0.895. The number of carbonyl (C=O) groups is 1. The summed E-state index contributed by atoms with van der Waals surface area (Å²) in [4.78, 5) is 13.3. The second kappa shape index (κ2) is 6.00. The van der Waals surface area contributed by atoms with Gasteiger partial charge in [0.2, 0.25) is 5.91 Å². The van der Waals surface area contributed by atoms with Gasteiger partial charge in [0, 0.05) is 19.0 Å². The molecule has 0 aliphatic carbocycles. The summed E-state index contributed by atoms with van der Waals surface area (Å²) in [5, 5.41) is 0. The highest BCUT2D eigenvalue weighted by molar-refractivity contribution is 5.78.